The highest BCUT2D eigenvalue weighted by molar-refractivity contribution is 6.01. The molecule has 3 saturated carbocycles. The monoisotopic (exact) mass is 504 g/mol. The van der Waals surface area contributed by atoms with Crippen LogP contribution in [0.2, 0.25) is 0 Å². The van der Waals surface area contributed by atoms with Crippen LogP contribution in [0, 0.1) is 28.6 Å². The molecule has 0 aromatic carbocycles. The van der Waals surface area contributed by atoms with E-state index in [-0.39, 0.29) is 43.0 Å². The van der Waals surface area contributed by atoms with Gasteiger partial charge in [0, 0.05) is 16.7 Å². The molecule has 1 N–H and O–H groups in total. The Kier molecular flexibility index (Phi) is 7.07. The molecule has 0 heterocycles. The Bertz CT molecular complexity index is 999. The number of ketones is 2. The lowest BCUT2D eigenvalue weighted by atomic mass is 9.46. The van der Waals surface area contributed by atoms with E-state index in [0.29, 0.717) is 12.8 Å². The van der Waals surface area contributed by atoms with Crippen LogP contribution in [0.15, 0.2) is 23.8 Å². The maximum Gasteiger partial charge on any atom is 0.509 e. The van der Waals surface area contributed by atoms with Crippen LogP contribution in [0.3, 0.4) is 0 Å². The van der Waals surface area contributed by atoms with Gasteiger partial charge in [-0.3, -0.25) is 9.59 Å². The van der Waals surface area contributed by atoms with E-state index in [1.54, 1.807) is 12.2 Å². The summed E-state index contributed by atoms with van der Waals surface area (Å²) in [5.74, 6) is -0.710. The molecule has 1 unspecified atom stereocenters. The highest BCUT2D eigenvalue weighted by Gasteiger charge is 2.70. The van der Waals surface area contributed by atoms with Crippen molar-refractivity contribution in [2.45, 2.75) is 71.0 Å². The second-order valence-corrected chi connectivity index (χ2v) is 10.9. The van der Waals surface area contributed by atoms with Crippen LogP contribution in [-0.2, 0) is 28.5 Å². The molecule has 0 spiro atoms. The number of hydrogen-bond acceptors (Lipinski definition) is 9. The predicted molar refractivity (Wildman–Crippen MR) is 127 cm³/mol. The molecule has 0 aliphatic heterocycles. The van der Waals surface area contributed by atoms with Crippen molar-refractivity contribution >= 4 is 23.9 Å². The molecule has 0 saturated heterocycles. The fourth-order valence-electron chi connectivity index (χ4n) is 7.65. The van der Waals surface area contributed by atoms with Gasteiger partial charge in [-0.05, 0) is 62.5 Å². The van der Waals surface area contributed by atoms with E-state index < -0.39 is 47.2 Å². The number of methoxy groups -OCH3 is 1. The average molecular weight is 505 g/mol. The Morgan fingerprint density at radius 3 is 2.58 bits per heavy atom. The quantitative estimate of drug-likeness (QED) is 0.536. The lowest BCUT2D eigenvalue weighted by molar-refractivity contribution is -0.183. The molecule has 0 aromatic rings. The number of fused-ring (bicyclic) bond motifs is 5. The second-order valence-electron chi connectivity index (χ2n) is 10.9. The Labute approximate surface area is 211 Å². The smallest absolute Gasteiger partial charge is 0.438 e. The van der Waals surface area contributed by atoms with Gasteiger partial charge in [-0.1, -0.05) is 32.4 Å². The summed E-state index contributed by atoms with van der Waals surface area (Å²) in [6.07, 6.45) is 5.56. The summed E-state index contributed by atoms with van der Waals surface area (Å²) in [5, 5.41) is 11.6. The molecule has 0 amide bonds. The zero-order valence-corrected chi connectivity index (χ0v) is 21.4. The number of ether oxygens (including phenoxy) is 4. The Hall–Kier alpha value is -2.68. The molecule has 0 bridgehead atoms. The standard InChI is InChI=1S/C27H36O9/c1-5-12-34-24(32)35-15-21(30)27(36-23(31)33-4)11-9-19-18-7-6-16-13-17(28)8-10-25(16,2)22(18)20(29)14-26(19,27)3/h8,10,13,18-20,22,29H,5-7,9,11-12,14-15H2,1-4H3/t18-,19-,20?,22+,25-,26-,27-/m0/s1. The number of rotatable bonds is 6. The van der Waals surface area contributed by atoms with Crippen molar-refractivity contribution in [1.29, 1.82) is 0 Å². The fraction of sp³-hybridized carbons (Fsp3) is 0.704. The maximum absolute atomic E-state index is 13.6. The number of aliphatic hydroxyl groups is 1. The molecule has 36 heavy (non-hydrogen) atoms. The van der Waals surface area contributed by atoms with E-state index in [4.69, 9.17) is 18.9 Å². The van der Waals surface area contributed by atoms with Crippen LogP contribution in [0.1, 0.15) is 59.3 Å². The molecular weight excluding hydrogens is 468 g/mol. The van der Waals surface area contributed by atoms with Crippen molar-refractivity contribution in [2.24, 2.45) is 28.6 Å². The summed E-state index contributed by atoms with van der Waals surface area (Å²) in [4.78, 5) is 49.9. The molecule has 0 aromatic heterocycles. The van der Waals surface area contributed by atoms with Crippen molar-refractivity contribution in [3.8, 4) is 0 Å². The van der Waals surface area contributed by atoms with Crippen LogP contribution in [0.25, 0.3) is 0 Å². The van der Waals surface area contributed by atoms with Crippen molar-refractivity contribution in [3.05, 3.63) is 23.8 Å². The second kappa shape index (κ2) is 9.65. The van der Waals surface area contributed by atoms with Crippen molar-refractivity contribution in [2.75, 3.05) is 20.3 Å². The number of allylic oxidation sites excluding steroid dienone is 4. The van der Waals surface area contributed by atoms with E-state index in [1.165, 1.54) is 7.11 Å². The van der Waals surface area contributed by atoms with Gasteiger partial charge in [-0.2, -0.15) is 0 Å². The third-order valence-electron chi connectivity index (χ3n) is 9.24. The first kappa shape index (κ1) is 26.4. The van der Waals surface area contributed by atoms with Crippen LogP contribution in [0.5, 0.6) is 0 Å². The minimum atomic E-state index is -1.61. The first-order valence-corrected chi connectivity index (χ1v) is 12.7. The molecule has 4 rings (SSSR count). The summed E-state index contributed by atoms with van der Waals surface area (Å²) in [5.41, 5.74) is -1.94. The van der Waals surface area contributed by atoms with E-state index in [0.717, 1.165) is 18.4 Å². The van der Waals surface area contributed by atoms with E-state index in [2.05, 4.69) is 6.92 Å². The van der Waals surface area contributed by atoms with Gasteiger partial charge in [-0.25, -0.2) is 9.59 Å². The van der Waals surface area contributed by atoms with Crippen molar-refractivity contribution < 1.29 is 43.2 Å². The Morgan fingerprint density at radius 2 is 1.89 bits per heavy atom. The Balaban J connectivity index is 1.65. The van der Waals surface area contributed by atoms with Gasteiger partial charge < -0.3 is 24.1 Å². The molecule has 3 fully saturated rings. The number of carbonyl (C=O) groups is 4. The number of Topliss-reactive ketones (excluding diaryl/α,β-unsaturated/α-hetero) is 1. The van der Waals surface area contributed by atoms with Crippen molar-refractivity contribution in [3.63, 3.8) is 0 Å². The van der Waals surface area contributed by atoms with Gasteiger partial charge in [-0.15, -0.1) is 0 Å². The van der Waals surface area contributed by atoms with E-state index >= 15 is 0 Å². The summed E-state index contributed by atoms with van der Waals surface area (Å²) < 4.78 is 20.5. The van der Waals surface area contributed by atoms with Crippen LogP contribution in [0.4, 0.5) is 9.59 Å². The molecule has 0 radical (unpaired) electrons. The van der Waals surface area contributed by atoms with Gasteiger partial charge in [0.05, 0.1) is 19.8 Å². The molecule has 9 heteroatoms. The summed E-state index contributed by atoms with van der Waals surface area (Å²) in [6.45, 7) is 5.35. The zero-order valence-electron chi connectivity index (χ0n) is 21.4. The third kappa shape index (κ3) is 4.05. The highest BCUT2D eigenvalue weighted by atomic mass is 16.7. The summed E-state index contributed by atoms with van der Waals surface area (Å²) >= 11 is 0. The van der Waals surface area contributed by atoms with Crippen LogP contribution in [-0.4, -0.2) is 61.0 Å². The minimum absolute atomic E-state index is 0.0315. The molecule has 4 aliphatic carbocycles. The highest BCUT2D eigenvalue weighted by Crippen LogP contribution is 2.67. The van der Waals surface area contributed by atoms with Gasteiger partial charge >= 0.3 is 12.3 Å². The molecular formula is C27H36O9. The molecule has 198 valence electrons. The van der Waals surface area contributed by atoms with Gasteiger partial charge in [0.15, 0.2) is 18.0 Å². The normalized spacial score (nSPS) is 38.7. The van der Waals surface area contributed by atoms with Gasteiger partial charge in [0.25, 0.3) is 0 Å². The first-order valence-electron chi connectivity index (χ1n) is 12.7. The number of carbonyl (C=O) groups excluding carboxylic acids is 4. The van der Waals surface area contributed by atoms with Crippen molar-refractivity contribution in [1.82, 2.24) is 0 Å². The number of aliphatic hydroxyl groups excluding tert-OH is 1. The lowest BCUT2D eigenvalue weighted by Gasteiger charge is -2.59. The first-order chi connectivity index (χ1) is 17.0. The summed E-state index contributed by atoms with van der Waals surface area (Å²) in [6, 6.07) is 0. The lowest BCUT2D eigenvalue weighted by Crippen LogP contribution is -2.63. The average Bonchev–Trinajstić information content (AvgIpc) is 3.13. The van der Waals surface area contributed by atoms with Crippen LogP contribution < -0.4 is 0 Å². The molecule has 7 atom stereocenters. The SMILES string of the molecule is CCCOC(=O)OCC(=O)[C@@]1(OC(=O)OC)CC[C@H]2[C@@H]3CCC4=CC(=O)C=C[C@]4(C)[C@H]3C(O)C[C@@]21C. The summed E-state index contributed by atoms with van der Waals surface area (Å²) in [7, 11) is 1.17. The topological polar surface area (TPSA) is 125 Å². The van der Waals surface area contributed by atoms with Crippen LogP contribution >= 0.6 is 0 Å². The molecule has 9 nitrogen and oxygen atoms in total. The van der Waals surface area contributed by atoms with E-state index in [9.17, 15) is 24.3 Å². The molecule has 4 aliphatic rings. The number of hydrogen-bond donors (Lipinski definition) is 1. The third-order valence-corrected chi connectivity index (χ3v) is 9.24. The zero-order chi connectivity index (χ0) is 26.3. The van der Waals surface area contributed by atoms with Gasteiger partial charge in [0.1, 0.15) is 0 Å². The largest absolute Gasteiger partial charge is 0.509 e. The van der Waals surface area contributed by atoms with E-state index in [1.807, 2.05) is 19.9 Å². The predicted octanol–water partition coefficient (Wildman–Crippen LogP) is 3.92. The fourth-order valence-corrected chi connectivity index (χ4v) is 7.65. The minimum Gasteiger partial charge on any atom is -0.438 e. The Morgan fingerprint density at radius 1 is 1.14 bits per heavy atom. The van der Waals surface area contributed by atoms with Gasteiger partial charge in [0.2, 0.25) is 5.78 Å². The maximum atomic E-state index is 13.6.